The number of fused-ring (bicyclic) bond motifs is 1. The van der Waals surface area contributed by atoms with Gasteiger partial charge in [-0.25, -0.2) is 18.2 Å². The average molecular weight is 565 g/mol. The number of nitrogens with zero attached hydrogens (tertiary/aromatic N) is 1. The van der Waals surface area contributed by atoms with E-state index in [0.29, 0.717) is 35.0 Å². The summed E-state index contributed by atoms with van der Waals surface area (Å²) in [6.45, 7) is 1.95. The second kappa shape index (κ2) is 11.2. The zero-order valence-electron chi connectivity index (χ0n) is 15.9. The summed E-state index contributed by atoms with van der Waals surface area (Å²) in [6, 6.07) is 10.0. The lowest BCUT2D eigenvalue weighted by molar-refractivity contribution is -0.286. The van der Waals surface area contributed by atoms with Crippen LogP contribution in [0.25, 0.3) is 6.08 Å². The van der Waals surface area contributed by atoms with Gasteiger partial charge in [0.25, 0.3) is 0 Å². The van der Waals surface area contributed by atoms with E-state index in [9.17, 15) is 8.42 Å². The van der Waals surface area contributed by atoms with Crippen molar-refractivity contribution >= 4 is 59.3 Å². The summed E-state index contributed by atoms with van der Waals surface area (Å²) in [5.74, 6) is 0. The Morgan fingerprint density at radius 3 is 2.55 bits per heavy atom. The number of sulfonamides is 1. The molecule has 0 atom stereocenters. The van der Waals surface area contributed by atoms with E-state index < -0.39 is 10.0 Å². The molecule has 0 saturated carbocycles. The third kappa shape index (κ3) is 6.22. The van der Waals surface area contributed by atoms with Crippen LogP contribution >= 0.6 is 43.2 Å². The second-order valence-electron chi connectivity index (χ2n) is 6.63. The molecule has 0 bridgehead atoms. The molecular weight excluding hydrogens is 542 g/mol. The minimum absolute atomic E-state index is 0.414. The van der Waals surface area contributed by atoms with Crippen molar-refractivity contribution in [1.82, 2.24) is 4.31 Å². The molecular formula is C20H23Br2NO4S2. The molecule has 9 heteroatoms. The number of rotatable bonds is 11. The predicted molar refractivity (Wildman–Crippen MR) is 123 cm³/mol. The molecule has 0 unspecified atom stereocenters. The summed E-state index contributed by atoms with van der Waals surface area (Å²) in [5.41, 5.74) is 2.00. The number of hydrogen-bond donors (Lipinski definition) is 0. The summed E-state index contributed by atoms with van der Waals surface area (Å²) < 4.78 is 28.4. The molecule has 1 aromatic carbocycles. The number of halogens is 2. The molecule has 2 heterocycles. The van der Waals surface area contributed by atoms with Gasteiger partial charge in [0.15, 0.2) is 0 Å². The Morgan fingerprint density at radius 1 is 1.03 bits per heavy atom. The zero-order chi connectivity index (χ0) is 20.7. The molecule has 3 rings (SSSR count). The van der Waals surface area contributed by atoms with Gasteiger partial charge in [-0.3, -0.25) is 0 Å². The zero-order valence-corrected chi connectivity index (χ0v) is 20.7. The lowest BCUT2D eigenvalue weighted by Gasteiger charge is -2.14. The van der Waals surface area contributed by atoms with Crippen molar-refractivity contribution < 1.29 is 18.2 Å². The predicted octanol–water partition coefficient (Wildman–Crippen LogP) is 6.00. The number of hydrogen-bond acceptors (Lipinski definition) is 5. The minimum Gasteiger partial charge on any atom is -0.236 e. The van der Waals surface area contributed by atoms with Crippen molar-refractivity contribution in [3.63, 3.8) is 0 Å². The van der Waals surface area contributed by atoms with Crippen LogP contribution < -0.4 is 0 Å². The lowest BCUT2D eigenvalue weighted by Crippen LogP contribution is -2.25. The summed E-state index contributed by atoms with van der Waals surface area (Å²) in [6.07, 6.45) is 7.57. The highest BCUT2D eigenvalue weighted by atomic mass is 79.9. The first-order chi connectivity index (χ1) is 14.0. The molecule has 1 aromatic heterocycles. The molecule has 0 radical (unpaired) electrons. The van der Waals surface area contributed by atoms with E-state index in [1.807, 2.05) is 42.5 Å². The number of thiophene rings is 1. The van der Waals surface area contributed by atoms with Gasteiger partial charge in [-0.05, 0) is 50.3 Å². The van der Waals surface area contributed by atoms with Crippen LogP contribution in [-0.4, -0.2) is 32.5 Å². The molecule has 29 heavy (non-hydrogen) atoms. The van der Waals surface area contributed by atoms with Gasteiger partial charge in [-0.15, -0.1) is 11.3 Å². The molecule has 0 N–H and O–H groups in total. The molecule has 0 saturated heterocycles. The van der Waals surface area contributed by atoms with Crippen LogP contribution in [0.15, 0.2) is 48.9 Å². The maximum Gasteiger partial charge on any atom is 0.245 e. The molecule has 0 fully saturated rings. The van der Waals surface area contributed by atoms with Crippen LogP contribution in [0.4, 0.5) is 0 Å². The molecule has 0 spiro atoms. The average Bonchev–Trinajstić information content (AvgIpc) is 3.14. The quantitative estimate of drug-likeness (QED) is 0.191. The van der Waals surface area contributed by atoms with E-state index in [-0.39, 0.29) is 0 Å². The highest BCUT2D eigenvalue weighted by Gasteiger charge is 2.39. The van der Waals surface area contributed by atoms with Crippen LogP contribution in [0, 0.1) is 0 Å². The fourth-order valence-electron chi connectivity index (χ4n) is 3.07. The maximum absolute atomic E-state index is 12.6. The van der Waals surface area contributed by atoms with Gasteiger partial charge >= 0.3 is 0 Å². The van der Waals surface area contributed by atoms with Crippen LogP contribution in [0.1, 0.15) is 36.8 Å². The first kappa shape index (κ1) is 23.1. The SMILES string of the molecule is O=S1(=O)c2c(Br)sc(Br)c2CN1CCCCCCOOC/C=C\c1ccccc1. The molecule has 0 aliphatic carbocycles. The Labute approximate surface area is 192 Å². The minimum atomic E-state index is -3.37. The van der Waals surface area contributed by atoms with Gasteiger partial charge < -0.3 is 0 Å². The van der Waals surface area contributed by atoms with Crippen LogP contribution in [0.2, 0.25) is 0 Å². The van der Waals surface area contributed by atoms with Gasteiger partial charge in [-0.2, -0.15) is 4.31 Å². The topological polar surface area (TPSA) is 55.8 Å². The van der Waals surface area contributed by atoms with Crippen LogP contribution in [0.3, 0.4) is 0 Å². The number of unbranched alkanes of at least 4 members (excludes halogenated alkanes) is 3. The standard InChI is InChI=1S/C20H23Br2NO4S2/c21-19-17-15-23(29(24,25)18(17)20(22)28-19)12-6-1-2-7-13-26-27-14-8-11-16-9-4-3-5-10-16/h3-5,8-11H,1-2,6-7,12-15H2/b11-8-. The van der Waals surface area contributed by atoms with Crippen molar-refractivity contribution in [2.24, 2.45) is 0 Å². The van der Waals surface area contributed by atoms with E-state index in [4.69, 9.17) is 9.78 Å². The fraction of sp³-hybridized carbons (Fsp3) is 0.400. The number of benzene rings is 1. The van der Waals surface area contributed by atoms with E-state index in [0.717, 1.165) is 40.6 Å². The smallest absolute Gasteiger partial charge is 0.236 e. The lowest BCUT2D eigenvalue weighted by atomic mass is 10.2. The molecule has 1 aliphatic rings. The largest absolute Gasteiger partial charge is 0.245 e. The third-order valence-electron chi connectivity index (χ3n) is 4.54. The Morgan fingerprint density at radius 2 is 1.79 bits per heavy atom. The molecule has 1 aliphatic heterocycles. The monoisotopic (exact) mass is 563 g/mol. The van der Waals surface area contributed by atoms with Crippen LogP contribution in [-0.2, 0) is 26.3 Å². The molecule has 5 nitrogen and oxygen atoms in total. The van der Waals surface area contributed by atoms with Crippen molar-refractivity contribution in [3.05, 3.63) is 55.1 Å². The third-order valence-corrected chi connectivity index (χ3v) is 9.55. The van der Waals surface area contributed by atoms with E-state index in [2.05, 4.69) is 31.9 Å². The second-order valence-corrected chi connectivity index (χ2v) is 12.2. The van der Waals surface area contributed by atoms with Crippen molar-refractivity contribution in [3.8, 4) is 0 Å². The van der Waals surface area contributed by atoms with Gasteiger partial charge in [0.1, 0.15) is 11.5 Å². The summed E-state index contributed by atoms with van der Waals surface area (Å²) >= 11 is 8.24. The summed E-state index contributed by atoms with van der Waals surface area (Å²) in [5, 5.41) is 0. The Balaban J connectivity index is 1.24. The van der Waals surface area contributed by atoms with Crippen molar-refractivity contribution in [2.45, 2.75) is 37.1 Å². The summed E-state index contributed by atoms with van der Waals surface area (Å²) in [7, 11) is -3.37. The van der Waals surface area contributed by atoms with Gasteiger partial charge in [0, 0.05) is 18.7 Å². The highest BCUT2D eigenvalue weighted by molar-refractivity contribution is 9.12. The van der Waals surface area contributed by atoms with Gasteiger partial charge in [0.2, 0.25) is 10.0 Å². The maximum atomic E-state index is 12.6. The van der Waals surface area contributed by atoms with E-state index >= 15 is 0 Å². The highest BCUT2D eigenvalue weighted by Crippen LogP contribution is 2.45. The molecule has 2 aromatic rings. The van der Waals surface area contributed by atoms with E-state index in [1.165, 1.54) is 11.3 Å². The first-order valence-electron chi connectivity index (χ1n) is 9.43. The Kier molecular flexibility index (Phi) is 8.91. The van der Waals surface area contributed by atoms with Crippen LogP contribution in [0.5, 0.6) is 0 Å². The fourth-order valence-corrected chi connectivity index (χ4v) is 8.78. The molecule has 158 valence electrons. The molecule has 0 amide bonds. The normalized spacial score (nSPS) is 15.9. The van der Waals surface area contributed by atoms with Crippen molar-refractivity contribution in [2.75, 3.05) is 19.8 Å². The van der Waals surface area contributed by atoms with E-state index in [1.54, 1.807) is 4.31 Å². The summed E-state index contributed by atoms with van der Waals surface area (Å²) in [4.78, 5) is 10.7. The van der Waals surface area contributed by atoms with Gasteiger partial charge in [-0.1, -0.05) is 55.3 Å². The van der Waals surface area contributed by atoms with Gasteiger partial charge in [0.05, 0.1) is 14.2 Å². The Bertz CT molecular complexity index is 929. The first-order valence-corrected chi connectivity index (χ1v) is 13.3. The Hall–Kier alpha value is -0.550. The van der Waals surface area contributed by atoms with Crippen molar-refractivity contribution in [1.29, 1.82) is 0 Å².